The number of aliphatic hydroxyl groups is 1. The van der Waals surface area contributed by atoms with Gasteiger partial charge in [0.05, 0.1) is 17.7 Å². The standard InChI is InChI=1S/C14H25N3O2S/c1-11-12(20-10-16-11)8-15-13(19)17(6-5-7-18)9-14(2,3)4/h10,18H,5-9H2,1-4H3,(H,15,19). The molecule has 1 rings (SSSR count). The molecule has 1 aromatic heterocycles. The van der Waals surface area contributed by atoms with E-state index in [0.29, 0.717) is 26.1 Å². The smallest absolute Gasteiger partial charge is 0.317 e. The van der Waals surface area contributed by atoms with E-state index in [1.807, 2.05) is 6.92 Å². The monoisotopic (exact) mass is 299 g/mol. The van der Waals surface area contributed by atoms with Crippen molar-refractivity contribution in [3.63, 3.8) is 0 Å². The van der Waals surface area contributed by atoms with Gasteiger partial charge in [0.1, 0.15) is 0 Å². The lowest BCUT2D eigenvalue weighted by molar-refractivity contribution is 0.164. The summed E-state index contributed by atoms with van der Waals surface area (Å²) >= 11 is 1.55. The number of rotatable bonds is 6. The molecule has 0 aliphatic rings. The highest BCUT2D eigenvalue weighted by molar-refractivity contribution is 7.09. The van der Waals surface area contributed by atoms with Gasteiger partial charge in [-0.2, -0.15) is 0 Å². The number of nitrogens with zero attached hydrogens (tertiary/aromatic N) is 2. The van der Waals surface area contributed by atoms with Crippen LogP contribution >= 0.6 is 11.3 Å². The summed E-state index contributed by atoms with van der Waals surface area (Å²) < 4.78 is 0. The van der Waals surface area contributed by atoms with E-state index in [9.17, 15) is 4.79 Å². The number of thiazole rings is 1. The van der Waals surface area contributed by atoms with Crippen molar-refractivity contribution in [3.05, 3.63) is 16.1 Å². The zero-order chi connectivity index (χ0) is 15.2. The summed E-state index contributed by atoms with van der Waals surface area (Å²) in [5.74, 6) is 0. The van der Waals surface area contributed by atoms with E-state index in [-0.39, 0.29) is 18.1 Å². The van der Waals surface area contributed by atoms with E-state index in [1.165, 1.54) is 0 Å². The molecule has 0 saturated heterocycles. The highest BCUT2D eigenvalue weighted by Gasteiger charge is 2.20. The third kappa shape index (κ3) is 5.88. The van der Waals surface area contributed by atoms with Gasteiger partial charge in [0.25, 0.3) is 0 Å². The van der Waals surface area contributed by atoms with Crippen LogP contribution in [0, 0.1) is 12.3 Å². The van der Waals surface area contributed by atoms with Crippen molar-refractivity contribution in [2.24, 2.45) is 5.41 Å². The second-order valence-electron chi connectivity index (χ2n) is 6.08. The summed E-state index contributed by atoms with van der Waals surface area (Å²) in [6.07, 6.45) is 0.600. The predicted molar refractivity (Wildman–Crippen MR) is 81.8 cm³/mol. The number of nitrogens with one attached hydrogen (secondary N) is 1. The Kier molecular flexibility index (Phi) is 6.42. The first-order valence-electron chi connectivity index (χ1n) is 6.86. The van der Waals surface area contributed by atoms with Gasteiger partial charge in [-0.1, -0.05) is 20.8 Å². The molecule has 114 valence electrons. The molecule has 0 aliphatic heterocycles. The minimum absolute atomic E-state index is 0.0349. The first kappa shape index (κ1) is 16.9. The Balaban J connectivity index is 2.56. The van der Waals surface area contributed by atoms with Crippen LogP contribution in [0.5, 0.6) is 0 Å². The maximum absolute atomic E-state index is 12.3. The number of aromatic nitrogens is 1. The van der Waals surface area contributed by atoms with Gasteiger partial charge in [-0.15, -0.1) is 11.3 Å². The number of hydrogen-bond donors (Lipinski definition) is 2. The number of urea groups is 1. The molecule has 0 bridgehead atoms. The van der Waals surface area contributed by atoms with Gasteiger partial charge in [-0.25, -0.2) is 9.78 Å². The average Bonchev–Trinajstić information content (AvgIpc) is 2.75. The molecule has 2 amide bonds. The van der Waals surface area contributed by atoms with Crippen LogP contribution in [-0.2, 0) is 6.54 Å². The number of hydrogen-bond acceptors (Lipinski definition) is 4. The fourth-order valence-corrected chi connectivity index (χ4v) is 2.57. The van der Waals surface area contributed by atoms with Gasteiger partial charge in [0.2, 0.25) is 0 Å². The number of carbonyl (C=O) groups is 1. The van der Waals surface area contributed by atoms with Crippen molar-refractivity contribution in [2.75, 3.05) is 19.7 Å². The van der Waals surface area contributed by atoms with Crippen molar-refractivity contribution >= 4 is 17.4 Å². The molecule has 0 unspecified atom stereocenters. The van der Waals surface area contributed by atoms with Crippen LogP contribution in [0.15, 0.2) is 5.51 Å². The van der Waals surface area contributed by atoms with E-state index >= 15 is 0 Å². The fraction of sp³-hybridized carbons (Fsp3) is 0.714. The third-order valence-corrected chi connectivity index (χ3v) is 3.72. The van der Waals surface area contributed by atoms with Gasteiger partial charge >= 0.3 is 6.03 Å². The number of amides is 2. The van der Waals surface area contributed by atoms with E-state index < -0.39 is 0 Å². The highest BCUT2D eigenvalue weighted by Crippen LogP contribution is 2.16. The van der Waals surface area contributed by atoms with E-state index in [1.54, 1.807) is 21.7 Å². The topological polar surface area (TPSA) is 65.5 Å². The van der Waals surface area contributed by atoms with Crippen LogP contribution in [-0.4, -0.2) is 40.7 Å². The van der Waals surface area contributed by atoms with E-state index in [0.717, 1.165) is 10.6 Å². The molecule has 0 aliphatic carbocycles. The number of aliphatic hydroxyl groups excluding tert-OH is 1. The molecular formula is C14H25N3O2S. The Morgan fingerprint density at radius 1 is 1.50 bits per heavy atom. The average molecular weight is 299 g/mol. The van der Waals surface area contributed by atoms with E-state index in [2.05, 4.69) is 31.1 Å². The second kappa shape index (κ2) is 7.59. The lowest BCUT2D eigenvalue weighted by atomic mass is 9.96. The molecule has 0 spiro atoms. The first-order valence-corrected chi connectivity index (χ1v) is 7.74. The second-order valence-corrected chi connectivity index (χ2v) is 7.02. The summed E-state index contributed by atoms with van der Waals surface area (Å²) in [5, 5.41) is 11.9. The zero-order valence-electron chi connectivity index (χ0n) is 12.8. The molecule has 20 heavy (non-hydrogen) atoms. The minimum atomic E-state index is -0.0822. The summed E-state index contributed by atoms with van der Waals surface area (Å²) in [7, 11) is 0. The number of carbonyl (C=O) groups excluding carboxylic acids is 1. The summed E-state index contributed by atoms with van der Waals surface area (Å²) in [5.41, 5.74) is 2.79. The Labute approximate surface area is 125 Å². The molecule has 5 nitrogen and oxygen atoms in total. The lowest BCUT2D eigenvalue weighted by Gasteiger charge is -2.30. The van der Waals surface area contributed by atoms with Crippen LogP contribution in [0.1, 0.15) is 37.8 Å². The molecule has 0 aromatic carbocycles. The minimum Gasteiger partial charge on any atom is -0.396 e. The molecule has 0 radical (unpaired) electrons. The zero-order valence-corrected chi connectivity index (χ0v) is 13.6. The van der Waals surface area contributed by atoms with E-state index in [4.69, 9.17) is 5.11 Å². The molecule has 2 N–H and O–H groups in total. The highest BCUT2D eigenvalue weighted by atomic mass is 32.1. The maximum Gasteiger partial charge on any atom is 0.317 e. The number of aryl methyl sites for hydroxylation is 1. The molecule has 0 atom stereocenters. The van der Waals surface area contributed by atoms with Crippen LogP contribution in [0.25, 0.3) is 0 Å². The molecule has 1 heterocycles. The lowest BCUT2D eigenvalue weighted by Crippen LogP contribution is -2.44. The molecule has 0 saturated carbocycles. The van der Waals surface area contributed by atoms with Gasteiger partial charge in [-0.05, 0) is 18.8 Å². The third-order valence-electron chi connectivity index (χ3n) is 2.78. The van der Waals surface area contributed by atoms with Crippen LogP contribution in [0.4, 0.5) is 4.79 Å². The van der Waals surface area contributed by atoms with Crippen molar-refractivity contribution in [1.29, 1.82) is 0 Å². The Morgan fingerprint density at radius 2 is 2.20 bits per heavy atom. The van der Waals surface area contributed by atoms with Crippen molar-refractivity contribution in [2.45, 2.75) is 40.7 Å². The Morgan fingerprint density at radius 3 is 2.70 bits per heavy atom. The van der Waals surface area contributed by atoms with Gasteiger partial charge in [0.15, 0.2) is 0 Å². The largest absolute Gasteiger partial charge is 0.396 e. The van der Waals surface area contributed by atoms with Gasteiger partial charge in [0, 0.05) is 24.6 Å². The SMILES string of the molecule is Cc1ncsc1CNC(=O)N(CCCO)CC(C)(C)C. The predicted octanol–water partition coefficient (Wildman–Crippen LogP) is 2.39. The summed E-state index contributed by atoms with van der Waals surface area (Å²) in [4.78, 5) is 19.3. The summed E-state index contributed by atoms with van der Waals surface area (Å²) in [6, 6.07) is -0.0822. The molecule has 0 fully saturated rings. The quantitative estimate of drug-likeness (QED) is 0.847. The molecule has 1 aromatic rings. The van der Waals surface area contributed by atoms with Crippen molar-refractivity contribution in [1.82, 2.24) is 15.2 Å². The fourth-order valence-electron chi connectivity index (χ4n) is 1.85. The summed E-state index contributed by atoms with van der Waals surface area (Å²) in [6.45, 7) is 10.1. The normalized spacial score (nSPS) is 11.4. The van der Waals surface area contributed by atoms with Crippen LogP contribution in [0.3, 0.4) is 0 Å². The molecular weight excluding hydrogens is 274 g/mol. The van der Waals surface area contributed by atoms with Crippen LogP contribution < -0.4 is 5.32 Å². The van der Waals surface area contributed by atoms with Gasteiger partial charge < -0.3 is 15.3 Å². The van der Waals surface area contributed by atoms with Crippen molar-refractivity contribution < 1.29 is 9.90 Å². The first-order chi connectivity index (χ1) is 9.33. The maximum atomic E-state index is 12.3. The van der Waals surface area contributed by atoms with Gasteiger partial charge in [-0.3, -0.25) is 0 Å². The Bertz CT molecular complexity index is 426. The Hall–Kier alpha value is -1.14. The van der Waals surface area contributed by atoms with Crippen LogP contribution in [0.2, 0.25) is 0 Å². The molecule has 6 heteroatoms. The van der Waals surface area contributed by atoms with Crippen molar-refractivity contribution in [3.8, 4) is 0 Å².